The first-order valence-corrected chi connectivity index (χ1v) is 9.22. The van der Waals surface area contributed by atoms with Gasteiger partial charge in [-0.1, -0.05) is 48.3 Å². The normalized spacial score (nSPS) is 10.7. The first-order valence-electron chi connectivity index (χ1n) is 7.07. The summed E-state index contributed by atoms with van der Waals surface area (Å²) in [5, 5.41) is 0. The maximum Gasteiger partial charge on any atom is 0.0547 e. The van der Waals surface area contributed by atoms with Gasteiger partial charge in [0, 0.05) is 22.2 Å². The summed E-state index contributed by atoms with van der Waals surface area (Å²) in [5.41, 5.74) is 2.40. The molecule has 2 heterocycles. The highest BCUT2D eigenvalue weighted by atomic mass is 33.1. The van der Waals surface area contributed by atoms with E-state index in [-0.39, 0.29) is 0 Å². The summed E-state index contributed by atoms with van der Waals surface area (Å²) in [4.78, 5) is 11.5. The number of hydrogen-bond acceptors (Lipinski definition) is 4. The highest BCUT2D eigenvalue weighted by molar-refractivity contribution is 8.76. The number of rotatable bonds is 7. The third-order valence-electron chi connectivity index (χ3n) is 2.89. The first kappa shape index (κ1) is 15.4. The lowest BCUT2D eigenvalue weighted by Gasteiger charge is -2.08. The minimum absolute atomic E-state index is 1.04. The largest absolute Gasteiger partial charge is 0.260 e. The van der Waals surface area contributed by atoms with E-state index in [0.717, 1.165) is 25.7 Å². The molecule has 20 heavy (non-hydrogen) atoms. The van der Waals surface area contributed by atoms with Crippen LogP contribution in [0.4, 0.5) is 0 Å². The van der Waals surface area contributed by atoms with E-state index in [2.05, 4.69) is 35.9 Å². The molecule has 0 saturated carbocycles. The van der Waals surface area contributed by atoms with Crippen LogP contribution in [-0.2, 0) is 12.8 Å². The van der Waals surface area contributed by atoms with Crippen molar-refractivity contribution in [1.29, 1.82) is 0 Å². The zero-order valence-corrected chi connectivity index (χ0v) is 13.6. The van der Waals surface area contributed by atoms with E-state index in [1.165, 1.54) is 21.2 Å². The molecule has 0 spiro atoms. The molecule has 0 aliphatic carbocycles. The van der Waals surface area contributed by atoms with Gasteiger partial charge in [-0.3, -0.25) is 9.97 Å². The second kappa shape index (κ2) is 8.32. The van der Waals surface area contributed by atoms with E-state index in [0.29, 0.717) is 0 Å². The Morgan fingerprint density at radius 1 is 0.800 bits per heavy atom. The van der Waals surface area contributed by atoms with E-state index < -0.39 is 0 Å². The molecule has 0 radical (unpaired) electrons. The summed E-state index contributed by atoms with van der Waals surface area (Å²) in [6, 6.07) is 8.34. The van der Waals surface area contributed by atoms with Crippen LogP contribution in [0.15, 0.2) is 46.5 Å². The highest BCUT2D eigenvalue weighted by Crippen LogP contribution is 2.39. The maximum atomic E-state index is 4.49. The molecule has 2 rings (SSSR count). The van der Waals surface area contributed by atoms with Crippen LogP contribution in [0.25, 0.3) is 0 Å². The van der Waals surface area contributed by atoms with Crippen LogP contribution in [0.3, 0.4) is 0 Å². The average molecular weight is 304 g/mol. The van der Waals surface area contributed by atoms with Gasteiger partial charge in [-0.25, -0.2) is 0 Å². The van der Waals surface area contributed by atoms with Crippen molar-refractivity contribution in [2.24, 2.45) is 0 Å². The molecule has 0 saturated heterocycles. The standard InChI is InChI=1S/C16H20N2S2/c1-3-7-13-15(9-5-11-17-13)19-20-16-10-6-12-18-14(16)8-4-2/h5-6,9-12H,3-4,7-8H2,1-2H3. The molecular weight excluding hydrogens is 284 g/mol. The second-order valence-corrected chi connectivity index (χ2v) is 6.78. The van der Waals surface area contributed by atoms with E-state index in [1.54, 1.807) is 21.6 Å². The molecule has 0 aliphatic heterocycles. The lowest BCUT2D eigenvalue weighted by atomic mass is 10.2. The fourth-order valence-electron chi connectivity index (χ4n) is 1.94. The average Bonchev–Trinajstić information content (AvgIpc) is 2.48. The molecule has 0 aromatic carbocycles. The first-order chi connectivity index (χ1) is 9.85. The minimum atomic E-state index is 1.04. The van der Waals surface area contributed by atoms with Gasteiger partial charge >= 0.3 is 0 Å². The fraction of sp³-hybridized carbons (Fsp3) is 0.375. The molecule has 0 fully saturated rings. The zero-order chi connectivity index (χ0) is 14.2. The minimum Gasteiger partial charge on any atom is -0.260 e. The van der Waals surface area contributed by atoms with Gasteiger partial charge in [0.2, 0.25) is 0 Å². The zero-order valence-electron chi connectivity index (χ0n) is 12.0. The Hall–Kier alpha value is -1.00. The van der Waals surface area contributed by atoms with E-state index in [9.17, 15) is 0 Å². The smallest absolute Gasteiger partial charge is 0.0547 e. The van der Waals surface area contributed by atoms with Crippen LogP contribution < -0.4 is 0 Å². The van der Waals surface area contributed by atoms with Gasteiger partial charge < -0.3 is 0 Å². The quantitative estimate of drug-likeness (QED) is 0.658. The summed E-state index contributed by atoms with van der Waals surface area (Å²) in [6.07, 6.45) is 8.10. The number of aromatic nitrogens is 2. The molecule has 2 aromatic heterocycles. The molecule has 2 nitrogen and oxygen atoms in total. The summed E-state index contributed by atoms with van der Waals surface area (Å²) < 4.78 is 0. The molecular formula is C16H20N2S2. The Labute approximate surface area is 129 Å². The van der Waals surface area contributed by atoms with Gasteiger partial charge in [-0.15, -0.1) is 0 Å². The predicted octanol–water partition coefficient (Wildman–Crippen LogP) is 5.18. The SMILES string of the molecule is CCCc1ncccc1SSc1cccnc1CCC. The Kier molecular flexibility index (Phi) is 6.40. The van der Waals surface area contributed by atoms with Crippen molar-refractivity contribution in [3.8, 4) is 0 Å². The third-order valence-corrected chi connectivity index (χ3v) is 5.40. The van der Waals surface area contributed by atoms with Gasteiger partial charge in [0.05, 0.1) is 11.4 Å². The molecule has 2 aromatic rings. The topological polar surface area (TPSA) is 25.8 Å². The van der Waals surface area contributed by atoms with Crippen molar-refractivity contribution in [3.63, 3.8) is 0 Å². The molecule has 0 unspecified atom stereocenters. The van der Waals surface area contributed by atoms with Crippen molar-refractivity contribution in [2.45, 2.75) is 49.3 Å². The van der Waals surface area contributed by atoms with Crippen LogP contribution in [0.5, 0.6) is 0 Å². The van der Waals surface area contributed by atoms with Crippen molar-refractivity contribution >= 4 is 21.6 Å². The Balaban J connectivity index is 2.09. The van der Waals surface area contributed by atoms with Crippen LogP contribution in [0.2, 0.25) is 0 Å². The summed E-state index contributed by atoms with van der Waals surface area (Å²) >= 11 is 0. The maximum absolute atomic E-state index is 4.49. The van der Waals surface area contributed by atoms with Crippen LogP contribution in [-0.4, -0.2) is 9.97 Å². The Bertz CT molecular complexity index is 494. The number of aryl methyl sites for hydroxylation is 2. The number of pyridine rings is 2. The van der Waals surface area contributed by atoms with Gasteiger partial charge in [-0.05, 0) is 37.1 Å². The van der Waals surface area contributed by atoms with Crippen LogP contribution in [0.1, 0.15) is 38.1 Å². The lowest BCUT2D eigenvalue weighted by molar-refractivity contribution is 0.855. The monoisotopic (exact) mass is 304 g/mol. The van der Waals surface area contributed by atoms with E-state index in [1.807, 2.05) is 24.5 Å². The van der Waals surface area contributed by atoms with Crippen molar-refractivity contribution in [3.05, 3.63) is 48.0 Å². The Morgan fingerprint density at radius 3 is 1.65 bits per heavy atom. The van der Waals surface area contributed by atoms with Crippen molar-refractivity contribution in [1.82, 2.24) is 9.97 Å². The predicted molar refractivity (Wildman–Crippen MR) is 88.2 cm³/mol. The van der Waals surface area contributed by atoms with Crippen LogP contribution >= 0.6 is 21.6 Å². The van der Waals surface area contributed by atoms with Gasteiger partial charge in [0.25, 0.3) is 0 Å². The number of nitrogens with zero attached hydrogens (tertiary/aromatic N) is 2. The highest BCUT2D eigenvalue weighted by Gasteiger charge is 2.07. The summed E-state index contributed by atoms with van der Waals surface area (Å²) in [5.74, 6) is 0. The second-order valence-electron chi connectivity index (χ2n) is 4.56. The molecule has 0 amide bonds. The van der Waals surface area contributed by atoms with Crippen LogP contribution in [0, 0.1) is 0 Å². The summed E-state index contributed by atoms with van der Waals surface area (Å²) in [7, 11) is 3.59. The summed E-state index contributed by atoms with van der Waals surface area (Å²) in [6.45, 7) is 4.38. The van der Waals surface area contributed by atoms with E-state index in [4.69, 9.17) is 0 Å². The molecule has 4 heteroatoms. The number of hydrogen-bond donors (Lipinski definition) is 0. The van der Waals surface area contributed by atoms with Crippen molar-refractivity contribution < 1.29 is 0 Å². The van der Waals surface area contributed by atoms with Gasteiger partial charge in [0.1, 0.15) is 0 Å². The molecule has 0 atom stereocenters. The van der Waals surface area contributed by atoms with Gasteiger partial charge in [0.15, 0.2) is 0 Å². The molecule has 0 aliphatic rings. The lowest BCUT2D eigenvalue weighted by Crippen LogP contribution is -1.92. The molecule has 106 valence electrons. The Morgan fingerprint density at radius 2 is 1.25 bits per heavy atom. The third kappa shape index (κ3) is 4.25. The fourth-order valence-corrected chi connectivity index (χ4v) is 4.34. The molecule has 0 N–H and O–H groups in total. The molecule has 0 bridgehead atoms. The van der Waals surface area contributed by atoms with Gasteiger partial charge in [-0.2, -0.15) is 0 Å². The van der Waals surface area contributed by atoms with Crippen molar-refractivity contribution in [2.75, 3.05) is 0 Å². The van der Waals surface area contributed by atoms with E-state index >= 15 is 0 Å².